The molecule has 1 aliphatic rings. The Morgan fingerprint density at radius 3 is 2.25 bits per heavy atom. The fourth-order valence-electron chi connectivity index (χ4n) is 2.39. The predicted octanol–water partition coefficient (Wildman–Crippen LogP) is 1.85. The van der Waals surface area contributed by atoms with Gasteiger partial charge in [0.15, 0.2) is 0 Å². The maximum absolute atomic E-state index is 11.6. The lowest BCUT2D eigenvalue weighted by Gasteiger charge is -2.23. The molecule has 0 aromatic heterocycles. The zero-order valence-electron chi connectivity index (χ0n) is 9.74. The van der Waals surface area contributed by atoms with Gasteiger partial charge < -0.3 is 5.11 Å². The summed E-state index contributed by atoms with van der Waals surface area (Å²) in [5.41, 5.74) is -0.763. The lowest BCUT2D eigenvalue weighted by atomic mass is 9.84. The van der Waals surface area contributed by atoms with Crippen LogP contribution in [0.15, 0.2) is 0 Å². The van der Waals surface area contributed by atoms with Crippen molar-refractivity contribution in [3.8, 4) is 0 Å². The highest BCUT2D eigenvalue weighted by Crippen LogP contribution is 2.41. The highest BCUT2D eigenvalue weighted by molar-refractivity contribution is 7.91. The summed E-state index contributed by atoms with van der Waals surface area (Å²) in [4.78, 5) is 11.2. The molecule has 1 N–H and O–H groups in total. The van der Waals surface area contributed by atoms with Crippen LogP contribution in [0.2, 0.25) is 0 Å². The third kappa shape index (κ3) is 3.20. The Morgan fingerprint density at radius 2 is 1.81 bits per heavy atom. The topological polar surface area (TPSA) is 71.4 Å². The normalized spacial score (nSPS) is 19.8. The number of carbonyl (C=O) groups is 1. The second kappa shape index (κ2) is 5.17. The summed E-state index contributed by atoms with van der Waals surface area (Å²) in [6, 6.07) is 0. The molecule has 0 aliphatic heterocycles. The summed E-state index contributed by atoms with van der Waals surface area (Å²) >= 11 is 0. The Labute approximate surface area is 97.0 Å². The summed E-state index contributed by atoms with van der Waals surface area (Å²) in [6.07, 6.45) is 3.95. The van der Waals surface area contributed by atoms with E-state index >= 15 is 0 Å². The Kier molecular flexibility index (Phi) is 4.35. The number of rotatable bonds is 6. The number of hydrogen-bond donors (Lipinski definition) is 1. The van der Waals surface area contributed by atoms with Crippen molar-refractivity contribution in [2.45, 2.75) is 45.4 Å². The van der Waals surface area contributed by atoms with Crippen molar-refractivity contribution in [1.29, 1.82) is 0 Å². The number of aliphatic carboxylic acids is 1. The molecule has 0 atom stereocenters. The van der Waals surface area contributed by atoms with Gasteiger partial charge in [-0.1, -0.05) is 19.8 Å². The lowest BCUT2D eigenvalue weighted by Crippen LogP contribution is -2.30. The van der Waals surface area contributed by atoms with Crippen LogP contribution in [0.5, 0.6) is 0 Å². The summed E-state index contributed by atoms with van der Waals surface area (Å²) < 4.78 is 23.1. The number of hydrogen-bond acceptors (Lipinski definition) is 3. The van der Waals surface area contributed by atoms with Gasteiger partial charge in [0.05, 0.1) is 11.2 Å². The fraction of sp³-hybridized carbons (Fsp3) is 0.909. The van der Waals surface area contributed by atoms with E-state index in [-0.39, 0.29) is 17.9 Å². The van der Waals surface area contributed by atoms with E-state index in [9.17, 15) is 18.3 Å². The summed E-state index contributed by atoms with van der Waals surface area (Å²) in [6.45, 7) is 1.82. The molecular weight excluding hydrogens is 228 g/mol. The average Bonchev–Trinajstić information content (AvgIpc) is 2.64. The zero-order chi connectivity index (χ0) is 12.2. The standard InChI is InChI=1S/C11H20O4S/c1-2-8-16(14,15)9-7-11(10(12)13)5-3-4-6-11/h2-9H2,1H3,(H,12,13). The number of carboxylic acids is 1. The van der Waals surface area contributed by atoms with Crippen molar-refractivity contribution in [2.75, 3.05) is 11.5 Å². The smallest absolute Gasteiger partial charge is 0.309 e. The molecule has 94 valence electrons. The van der Waals surface area contributed by atoms with E-state index in [0.717, 1.165) is 12.8 Å². The molecule has 4 nitrogen and oxygen atoms in total. The van der Waals surface area contributed by atoms with Crippen LogP contribution in [0, 0.1) is 5.41 Å². The third-order valence-corrected chi connectivity index (χ3v) is 5.28. The first-order valence-corrected chi connectivity index (χ1v) is 7.68. The van der Waals surface area contributed by atoms with Gasteiger partial charge >= 0.3 is 5.97 Å². The molecule has 1 aliphatic carbocycles. The highest BCUT2D eigenvalue weighted by Gasteiger charge is 2.41. The number of sulfone groups is 1. The third-order valence-electron chi connectivity index (χ3n) is 3.42. The molecule has 0 amide bonds. The van der Waals surface area contributed by atoms with E-state index < -0.39 is 21.2 Å². The Morgan fingerprint density at radius 1 is 1.25 bits per heavy atom. The minimum absolute atomic E-state index is 0.0210. The largest absolute Gasteiger partial charge is 0.481 e. The molecular formula is C11H20O4S. The Hall–Kier alpha value is -0.580. The van der Waals surface area contributed by atoms with Gasteiger partial charge in [0.1, 0.15) is 9.84 Å². The molecule has 1 saturated carbocycles. The van der Waals surface area contributed by atoms with Crippen molar-refractivity contribution >= 4 is 15.8 Å². The van der Waals surface area contributed by atoms with E-state index in [0.29, 0.717) is 19.3 Å². The van der Waals surface area contributed by atoms with Gasteiger partial charge in [-0.2, -0.15) is 0 Å². The van der Waals surface area contributed by atoms with Gasteiger partial charge in [0, 0.05) is 5.75 Å². The van der Waals surface area contributed by atoms with Crippen LogP contribution < -0.4 is 0 Å². The molecule has 1 rings (SSSR count). The van der Waals surface area contributed by atoms with Crippen LogP contribution in [0.1, 0.15) is 45.4 Å². The predicted molar refractivity (Wildman–Crippen MR) is 62.1 cm³/mol. The highest BCUT2D eigenvalue weighted by atomic mass is 32.2. The Balaban J connectivity index is 2.61. The van der Waals surface area contributed by atoms with Crippen LogP contribution in [0.4, 0.5) is 0 Å². The molecule has 0 bridgehead atoms. The molecule has 0 aromatic carbocycles. The molecule has 1 fully saturated rings. The van der Waals surface area contributed by atoms with E-state index in [1.54, 1.807) is 0 Å². The summed E-state index contributed by atoms with van der Waals surface area (Å²) in [5, 5.41) is 9.20. The summed E-state index contributed by atoms with van der Waals surface area (Å²) in [7, 11) is -3.05. The maximum atomic E-state index is 11.6. The second-order valence-electron chi connectivity index (χ2n) is 4.69. The first-order chi connectivity index (χ1) is 7.42. The van der Waals surface area contributed by atoms with Crippen LogP contribution in [0.25, 0.3) is 0 Å². The molecule has 0 spiro atoms. The second-order valence-corrected chi connectivity index (χ2v) is 7.00. The van der Waals surface area contributed by atoms with Crippen LogP contribution in [0.3, 0.4) is 0 Å². The summed E-state index contributed by atoms with van der Waals surface area (Å²) in [5.74, 6) is -0.632. The lowest BCUT2D eigenvalue weighted by molar-refractivity contribution is -0.148. The van der Waals surface area contributed by atoms with Gasteiger partial charge in [0.2, 0.25) is 0 Å². The fourth-order valence-corrected chi connectivity index (χ4v) is 3.91. The van der Waals surface area contributed by atoms with E-state index in [1.165, 1.54) is 0 Å². The van der Waals surface area contributed by atoms with Crippen molar-refractivity contribution in [2.24, 2.45) is 5.41 Å². The minimum Gasteiger partial charge on any atom is -0.481 e. The molecule has 0 aromatic rings. The van der Waals surface area contributed by atoms with Gasteiger partial charge in [-0.15, -0.1) is 0 Å². The zero-order valence-corrected chi connectivity index (χ0v) is 10.6. The first kappa shape index (κ1) is 13.5. The minimum atomic E-state index is -3.05. The van der Waals surface area contributed by atoms with E-state index in [2.05, 4.69) is 0 Å². The average molecular weight is 248 g/mol. The molecule has 0 radical (unpaired) electrons. The quantitative estimate of drug-likeness (QED) is 0.778. The van der Waals surface area contributed by atoms with Crippen molar-refractivity contribution < 1.29 is 18.3 Å². The maximum Gasteiger partial charge on any atom is 0.309 e. The molecule has 0 heterocycles. The first-order valence-electron chi connectivity index (χ1n) is 5.86. The molecule has 5 heteroatoms. The van der Waals surface area contributed by atoms with Gasteiger partial charge in [-0.25, -0.2) is 8.42 Å². The van der Waals surface area contributed by atoms with Crippen LogP contribution >= 0.6 is 0 Å². The van der Waals surface area contributed by atoms with Gasteiger partial charge in [-0.05, 0) is 25.7 Å². The van der Waals surface area contributed by atoms with Crippen LogP contribution in [-0.4, -0.2) is 31.0 Å². The molecule has 0 unspecified atom stereocenters. The number of carboxylic acid groups (broad SMARTS) is 1. The van der Waals surface area contributed by atoms with Crippen molar-refractivity contribution in [1.82, 2.24) is 0 Å². The SMILES string of the molecule is CCCS(=O)(=O)CCC1(C(=O)O)CCCC1. The van der Waals surface area contributed by atoms with Crippen molar-refractivity contribution in [3.63, 3.8) is 0 Å². The van der Waals surface area contributed by atoms with Crippen molar-refractivity contribution in [3.05, 3.63) is 0 Å². The monoisotopic (exact) mass is 248 g/mol. The molecule has 16 heavy (non-hydrogen) atoms. The molecule has 0 saturated heterocycles. The van der Waals surface area contributed by atoms with E-state index in [4.69, 9.17) is 0 Å². The van der Waals surface area contributed by atoms with E-state index in [1.807, 2.05) is 6.92 Å². The van der Waals surface area contributed by atoms with Gasteiger partial charge in [0.25, 0.3) is 0 Å². The van der Waals surface area contributed by atoms with Gasteiger partial charge in [-0.3, -0.25) is 4.79 Å². The van der Waals surface area contributed by atoms with Crippen LogP contribution in [-0.2, 0) is 14.6 Å². The Bertz CT molecular complexity index is 339.